The Hall–Kier alpha value is -1.70. The van der Waals surface area contributed by atoms with E-state index in [9.17, 15) is 13.2 Å². The highest BCUT2D eigenvalue weighted by Crippen LogP contribution is 2.36. The SMILES string of the molecule is CCN(c1ccc(C(F)(F)F)c(C#N)c1)C1CC1. The summed E-state index contributed by atoms with van der Waals surface area (Å²) in [4.78, 5) is 2.04. The average Bonchev–Trinajstić information content (AvgIpc) is 3.13. The van der Waals surface area contributed by atoms with Crippen LogP contribution < -0.4 is 4.90 Å². The topological polar surface area (TPSA) is 27.0 Å². The zero-order valence-electron chi connectivity index (χ0n) is 9.96. The maximum absolute atomic E-state index is 12.7. The lowest BCUT2D eigenvalue weighted by atomic mass is 10.1. The summed E-state index contributed by atoms with van der Waals surface area (Å²) in [5, 5.41) is 8.85. The van der Waals surface area contributed by atoms with Crippen LogP contribution >= 0.6 is 0 Å². The summed E-state index contributed by atoms with van der Waals surface area (Å²) >= 11 is 0. The molecule has 1 saturated carbocycles. The first-order chi connectivity index (χ1) is 8.47. The van der Waals surface area contributed by atoms with Crippen LogP contribution in [0.3, 0.4) is 0 Å². The maximum Gasteiger partial charge on any atom is 0.417 e. The Labute approximate surface area is 104 Å². The van der Waals surface area contributed by atoms with Gasteiger partial charge in [-0.3, -0.25) is 0 Å². The minimum Gasteiger partial charge on any atom is -0.369 e. The van der Waals surface area contributed by atoms with Gasteiger partial charge in [0.05, 0.1) is 17.2 Å². The van der Waals surface area contributed by atoms with Gasteiger partial charge < -0.3 is 4.90 Å². The van der Waals surface area contributed by atoms with E-state index in [1.54, 1.807) is 6.07 Å². The summed E-state index contributed by atoms with van der Waals surface area (Å²) in [5.74, 6) is 0. The van der Waals surface area contributed by atoms with E-state index in [1.807, 2.05) is 11.8 Å². The van der Waals surface area contributed by atoms with Gasteiger partial charge in [-0.1, -0.05) is 0 Å². The molecule has 0 N–H and O–H groups in total. The van der Waals surface area contributed by atoms with Crippen LogP contribution in [0.25, 0.3) is 0 Å². The van der Waals surface area contributed by atoms with Crippen LogP contribution in [0.5, 0.6) is 0 Å². The van der Waals surface area contributed by atoms with Crippen molar-refractivity contribution in [2.75, 3.05) is 11.4 Å². The third kappa shape index (κ3) is 2.42. The molecule has 0 spiro atoms. The molecule has 1 aliphatic rings. The van der Waals surface area contributed by atoms with Gasteiger partial charge in [-0.15, -0.1) is 0 Å². The number of benzene rings is 1. The molecule has 0 saturated heterocycles. The molecule has 1 aromatic carbocycles. The summed E-state index contributed by atoms with van der Waals surface area (Å²) < 4.78 is 38.0. The number of halogens is 3. The summed E-state index contributed by atoms with van der Waals surface area (Å²) in [7, 11) is 0. The predicted octanol–water partition coefficient (Wildman–Crippen LogP) is 3.57. The van der Waals surface area contributed by atoms with Gasteiger partial charge in [-0.25, -0.2) is 0 Å². The third-order valence-electron chi connectivity index (χ3n) is 3.09. The molecule has 1 aliphatic carbocycles. The van der Waals surface area contributed by atoms with Crippen molar-refractivity contribution >= 4 is 5.69 Å². The Bertz CT molecular complexity index is 484. The van der Waals surface area contributed by atoms with Crippen molar-refractivity contribution in [3.63, 3.8) is 0 Å². The fourth-order valence-electron chi connectivity index (χ4n) is 2.09. The number of nitriles is 1. The van der Waals surface area contributed by atoms with Crippen LogP contribution in [0.2, 0.25) is 0 Å². The van der Waals surface area contributed by atoms with E-state index in [1.165, 1.54) is 12.1 Å². The first-order valence-corrected chi connectivity index (χ1v) is 5.85. The largest absolute Gasteiger partial charge is 0.417 e. The molecule has 0 amide bonds. The highest BCUT2D eigenvalue weighted by molar-refractivity contribution is 5.56. The predicted molar refractivity (Wildman–Crippen MR) is 62.2 cm³/mol. The third-order valence-corrected chi connectivity index (χ3v) is 3.09. The summed E-state index contributed by atoms with van der Waals surface area (Å²) in [5.41, 5.74) is -0.468. The van der Waals surface area contributed by atoms with Crippen molar-refractivity contribution in [3.8, 4) is 6.07 Å². The number of hydrogen-bond donors (Lipinski definition) is 0. The van der Waals surface area contributed by atoms with Gasteiger partial charge in [0.15, 0.2) is 0 Å². The second kappa shape index (κ2) is 4.52. The van der Waals surface area contributed by atoms with Gasteiger partial charge in [0.25, 0.3) is 0 Å². The molecule has 96 valence electrons. The second-order valence-electron chi connectivity index (χ2n) is 4.36. The molecule has 0 radical (unpaired) electrons. The lowest BCUT2D eigenvalue weighted by Gasteiger charge is -2.23. The molecule has 2 rings (SSSR count). The molecule has 0 aliphatic heterocycles. The van der Waals surface area contributed by atoms with Crippen molar-refractivity contribution in [3.05, 3.63) is 29.3 Å². The quantitative estimate of drug-likeness (QED) is 0.824. The molecule has 1 fully saturated rings. The van der Waals surface area contributed by atoms with Crippen LogP contribution in [0.4, 0.5) is 18.9 Å². The Morgan fingerprint density at radius 1 is 1.39 bits per heavy atom. The molecule has 0 bridgehead atoms. The lowest BCUT2D eigenvalue weighted by Crippen LogP contribution is -2.25. The van der Waals surface area contributed by atoms with Gasteiger partial charge in [-0.2, -0.15) is 18.4 Å². The Morgan fingerprint density at radius 3 is 2.50 bits per heavy atom. The number of rotatable bonds is 3. The minimum absolute atomic E-state index is 0.306. The Kier molecular flexibility index (Phi) is 3.20. The van der Waals surface area contributed by atoms with Crippen LogP contribution in [0.15, 0.2) is 18.2 Å². The molecule has 1 aromatic rings. The van der Waals surface area contributed by atoms with Crippen molar-refractivity contribution in [1.82, 2.24) is 0 Å². The normalized spacial score (nSPS) is 15.3. The minimum atomic E-state index is -4.47. The molecular weight excluding hydrogens is 241 g/mol. The lowest BCUT2D eigenvalue weighted by molar-refractivity contribution is -0.137. The maximum atomic E-state index is 12.7. The first-order valence-electron chi connectivity index (χ1n) is 5.85. The molecule has 0 unspecified atom stereocenters. The molecular formula is C13H13F3N2. The average molecular weight is 254 g/mol. The van der Waals surface area contributed by atoms with Crippen LogP contribution in [0.1, 0.15) is 30.9 Å². The van der Waals surface area contributed by atoms with Gasteiger partial charge in [0, 0.05) is 18.3 Å². The molecule has 0 atom stereocenters. The standard InChI is InChI=1S/C13H13F3N2/c1-2-18(10-3-4-10)11-5-6-12(13(14,15)16)9(7-11)8-17/h5-7,10H,2-4H2,1H3. The number of alkyl halides is 3. The summed E-state index contributed by atoms with van der Waals surface area (Å²) in [6.07, 6.45) is -2.34. The zero-order valence-corrected chi connectivity index (χ0v) is 9.96. The number of anilines is 1. The number of hydrogen-bond acceptors (Lipinski definition) is 2. The smallest absolute Gasteiger partial charge is 0.369 e. The molecule has 0 heterocycles. The van der Waals surface area contributed by atoms with E-state index in [-0.39, 0.29) is 5.56 Å². The Balaban J connectivity index is 2.38. The van der Waals surface area contributed by atoms with Crippen molar-refractivity contribution in [2.45, 2.75) is 32.0 Å². The van der Waals surface area contributed by atoms with Gasteiger partial charge >= 0.3 is 6.18 Å². The first kappa shape index (κ1) is 12.7. The van der Waals surface area contributed by atoms with E-state index in [4.69, 9.17) is 5.26 Å². The van der Waals surface area contributed by atoms with Crippen LogP contribution in [-0.4, -0.2) is 12.6 Å². The van der Waals surface area contributed by atoms with E-state index in [0.29, 0.717) is 11.7 Å². The van der Waals surface area contributed by atoms with Crippen molar-refractivity contribution in [1.29, 1.82) is 5.26 Å². The second-order valence-corrected chi connectivity index (χ2v) is 4.36. The molecule has 0 aromatic heterocycles. The summed E-state index contributed by atoms with van der Waals surface area (Å²) in [6.45, 7) is 2.70. The van der Waals surface area contributed by atoms with Gasteiger partial charge in [-0.05, 0) is 38.0 Å². The fraction of sp³-hybridized carbons (Fsp3) is 0.462. The monoisotopic (exact) mass is 254 g/mol. The van der Waals surface area contributed by atoms with Crippen molar-refractivity contribution < 1.29 is 13.2 Å². The molecule has 18 heavy (non-hydrogen) atoms. The zero-order chi connectivity index (χ0) is 13.3. The van der Waals surface area contributed by atoms with E-state index in [2.05, 4.69) is 0 Å². The highest BCUT2D eigenvalue weighted by atomic mass is 19.4. The van der Waals surface area contributed by atoms with E-state index in [0.717, 1.165) is 25.5 Å². The van der Waals surface area contributed by atoms with Gasteiger partial charge in [0.2, 0.25) is 0 Å². The molecule has 5 heteroatoms. The number of nitrogens with zero attached hydrogens (tertiary/aromatic N) is 2. The fourth-order valence-corrected chi connectivity index (χ4v) is 2.09. The van der Waals surface area contributed by atoms with Crippen LogP contribution in [0, 0.1) is 11.3 Å². The Morgan fingerprint density at radius 2 is 2.06 bits per heavy atom. The van der Waals surface area contributed by atoms with Crippen LogP contribution in [-0.2, 0) is 6.18 Å². The van der Waals surface area contributed by atoms with Crippen molar-refractivity contribution in [2.24, 2.45) is 0 Å². The van der Waals surface area contributed by atoms with E-state index < -0.39 is 11.7 Å². The highest BCUT2D eigenvalue weighted by Gasteiger charge is 2.34. The van der Waals surface area contributed by atoms with Gasteiger partial charge in [0.1, 0.15) is 0 Å². The molecule has 2 nitrogen and oxygen atoms in total. The van der Waals surface area contributed by atoms with E-state index >= 15 is 0 Å². The summed E-state index contributed by atoms with van der Waals surface area (Å²) in [6, 6.07) is 5.84.